The van der Waals surface area contributed by atoms with E-state index in [2.05, 4.69) is 352 Å². The third-order valence-corrected chi connectivity index (χ3v) is 31.6. The van der Waals surface area contributed by atoms with Crippen LogP contribution in [0.15, 0.2) is 352 Å². The molecule has 2 heterocycles. The molecule has 0 nitrogen and oxygen atoms in total. The molecule has 20 rings (SSSR count). The molecule has 0 amide bonds. The third-order valence-electron chi connectivity index (χ3n) is 21.9. The van der Waals surface area contributed by atoms with E-state index in [0.717, 1.165) is 0 Å². The summed E-state index contributed by atoms with van der Waals surface area (Å²) in [6.07, 6.45) is 0. The van der Waals surface area contributed by atoms with E-state index in [1.165, 1.54) is 174 Å². The van der Waals surface area contributed by atoms with Gasteiger partial charge in [0.25, 0.3) is 0 Å². The van der Waals surface area contributed by atoms with E-state index >= 15 is 0 Å². The summed E-state index contributed by atoms with van der Waals surface area (Å²) in [7, 11) is -5.68. The van der Waals surface area contributed by atoms with Crippen LogP contribution in [0.25, 0.3) is 110 Å². The highest BCUT2D eigenvalue weighted by molar-refractivity contribution is 7.23. The fourth-order valence-corrected chi connectivity index (χ4v) is 28.9. The Bertz CT molecular complexity index is 5490. The predicted molar refractivity (Wildman–Crippen MR) is 397 cm³/mol. The van der Waals surface area contributed by atoms with Gasteiger partial charge in [-0.15, -0.1) is 0 Å². The Morgan fingerprint density at radius 1 is 0.172 bits per heavy atom. The number of fused-ring (bicyclic) bond motifs is 20. The molecule has 1 unspecified atom stereocenters. The number of rotatable bonds is 7. The largest absolute Gasteiger partial charge is 0.180 e. The topological polar surface area (TPSA) is 0 Å². The lowest BCUT2D eigenvalue weighted by Crippen LogP contribution is -2.72. The van der Waals surface area contributed by atoms with Gasteiger partial charge in [-0.3, -0.25) is 0 Å². The molecule has 1 atom stereocenters. The van der Waals surface area contributed by atoms with Gasteiger partial charge in [-0.1, -0.05) is 346 Å². The first-order valence-electron chi connectivity index (χ1n) is 32.7. The lowest BCUT2D eigenvalue weighted by atomic mass is 9.70. The van der Waals surface area contributed by atoms with Gasteiger partial charge in [0.1, 0.15) is 0 Å². The summed E-state index contributed by atoms with van der Waals surface area (Å²) in [5.41, 5.74) is 22.9. The molecule has 0 N–H and O–H groups in total. The fourth-order valence-electron chi connectivity index (χ4n) is 18.5. The van der Waals surface area contributed by atoms with Gasteiger partial charge in [0.2, 0.25) is 0 Å². The smallest absolute Gasteiger partial charge is 0.0623 e. The second-order valence-corrected chi connectivity index (χ2v) is 33.3. The molecular formula is C91H58Si2. The molecule has 430 valence electrons. The van der Waals surface area contributed by atoms with E-state index in [9.17, 15) is 0 Å². The Kier molecular flexibility index (Phi) is 11.2. The quantitative estimate of drug-likeness (QED) is 0.110. The number of hydrogen-bond acceptors (Lipinski definition) is 0. The maximum Gasteiger partial charge on any atom is 0.180 e. The van der Waals surface area contributed by atoms with Crippen molar-refractivity contribution in [2.45, 2.75) is 5.41 Å². The number of benzene rings is 16. The van der Waals surface area contributed by atoms with Gasteiger partial charge in [-0.2, -0.15) is 0 Å². The Morgan fingerprint density at radius 3 is 1.03 bits per heavy atom. The molecule has 2 heteroatoms. The van der Waals surface area contributed by atoms with Crippen molar-refractivity contribution >= 4 is 90.0 Å². The molecule has 0 saturated heterocycles. The van der Waals surface area contributed by atoms with Gasteiger partial charge < -0.3 is 0 Å². The first-order chi connectivity index (χ1) is 46.2. The molecule has 4 aliphatic rings. The van der Waals surface area contributed by atoms with E-state index < -0.39 is 21.6 Å². The maximum atomic E-state index is 2.60. The van der Waals surface area contributed by atoms with E-state index in [4.69, 9.17) is 0 Å². The van der Waals surface area contributed by atoms with Crippen LogP contribution < -0.4 is 41.5 Å². The summed E-state index contributed by atoms with van der Waals surface area (Å²) >= 11 is 0. The molecule has 0 radical (unpaired) electrons. The van der Waals surface area contributed by atoms with Gasteiger partial charge in [0.05, 0.1) is 5.41 Å². The maximum absolute atomic E-state index is 2.84. The fraction of sp³-hybridized carbons (Fsp3) is 0.0110. The number of hydrogen-bond donors (Lipinski definition) is 0. The molecule has 0 aromatic heterocycles. The average Bonchev–Trinajstić information content (AvgIpc) is 1.53. The van der Waals surface area contributed by atoms with Crippen molar-refractivity contribution in [2.24, 2.45) is 0 Å². The lowest BCUT2D eigenvalue weighted by molar-refractivity contribution is 0.794. The Morgan fingerprint density at radius 2 is 0.516 bits per heavy atom. The Labute approximate surface area is 543 Å². The molecule has 0 bridgehead atoms. The summed E-state index contributed by atoms with van der Waals surface area (Å²) in [6.45, 7) is 0. The molecular weight excluding hydrogens is 1150 g/mol. The highest BCUT2D eigenvalue weighted by atomic mass is 28.3. The van der Waals surface area contributed by atoms with Crippen molar-refractivity contribution in [3.05, 3.63) is 374 Å². The van der Waals surface area contributed by atoms with Crippen molar-refractivity contribution < 1.29 is 0 Å². The van der Waals surface area contributed by atoms with Crippen molar-refractivity contribution in [3.63, 3.8) is 0 Å². The van der Waals surface area contributed by atoms with E-state index in [0.29, 0.717) is 0 Å². The minimum absolute atomic E-state index is 0.549. The Hall–Kier alpha value is -11.3. The van der Waals surface area contributed by atoms with Crippen LogP contribution >= 0.6 is 0 Å². The molecule has 16 aromatic rings. The van der Waals surface area contributed by atoms with E-state index in [1.54, 1.807) is 0 Å². The van der Waals surface area contributed by atoms with Crippen LogP contribution in [0.2, 0.25) is 0 Å². The summed E-state index contributed by atoms with van der Waals surface area (Å²) in [4.78, 5) is 0. The zero-order chi connectivity index (χ0) is 61.0. The van der Waals surface area contributed by atoms with Crippen LogP contribution in [0.4, 0.5) is 0 Å². The van der Waals surface area contributed by atoms with Gasteiger partial charge in [-0.05, 0) is 180 Å². The molecule has 2 aliphatic heterocycles. The van der Waals surface area contributed by atoms with Crippen LogP contribution in [0.1, 0.15) is 22.3 Å². The summed E-state index contributed by atoms with van der Waals surface area (Å²) in [6, 6.07) is 136. The molecule has 1 spiro atoms. The molecule has 0 saturated carbocycles. The third kappa shape index (κ3) is 6.83. The van der Waals surface area contributed by atoms with Crippen molar-refractivity contribution in [3.8, 4) is 77.9 Å². The summed E-state index contributed by atoms with van der Waals surface area (Å²) in [5.74, 6) is 0. The Balaban J connectivity index is 0.918. The van der Waals surface area contributed by atoms with Crippen LogP contribution in [0.3, 0.4) is 0 Å². The molecule has 93 heavy (non-hydrogen) atoms. The molecule has 16 aromatic carbocycles. The van der Waals surface area contributed by atoms with Gasteiger partial charge >= 0.3 is 0 Å². The van der Waals surface area contributed by atoms with Crippen LogP contribution in [0, 0.1) is 0 Å². The van der Waals surface area contributed by atoms with E-state index in [1.807, 2.05) is 0 Å². The monoisotopic (exact) mass is 1210 g/mol. The molecule has 2 aliphatic carbocycles. The minimum atomic E-state index is -2.84. The van der Waals surface area contributed by atoms with Crippen molar-refractivity contribution in [1.29, 1.82) is 0 Å². The van der Waals surface area contributed by atoms with Crippen LogP contribution in [-0.2, 0) is 5.41 Å². The minimum Gasteiger partial charge on any atom is -0.0623 e. The van der Waals surface area contributed by atoms with Crippen molar-refractivity contribution in [1.82, 2.24) is 0 Å². The highest BCUT2D eigenvalue weighted by Crippen LogP contribution is 2.65. The predicted octanol–water partition coefficient (Wildman–Crippen LogP) is 17.2. The first kappa shape index (κ1) is 52.5. The standard InChI is InChI=1S/C91H58Si2/c1-5-29-60(30-6-1)92(61-31-7-2-8-32-61)82-52-21-17-40-73(82)89-67(46-26-54-84(89)92)65-42-23-44-69-76(65)58-77-66(68-47-27-55-85-90(68)74-41-18-22-53-83(74)93(85,62-33-9-3-10-34-62)63-35-11-4-12-36-63)43-24-45-70(77)86(69)75-48-25-51-80-88(75)72-39-16-20-50-79(72)91(80)78-49-19-15-38-71(78)87-64-37-14-13-28-59(64)56-57-81(87)91/h1-58H. The average molecular weight is 1210 g/mol. The van der Waals surface area contributed by atoms with E-state index in [-0.39, 0.29) is 0 Å². The summed E-state index contributed by atoms with van der Waals surface area (Å²) < 4.78 is 0. The molecule has 0 fully saturated rings. The highest BCUT2D eigenvalue weighted by Gasteiger charge is 2.54. The van der Waals surface area contributed by atoms with Gasteiger partial charge in [0.15, 0.2) is 16.1 Å². The lowest BCUT2D eigenvalue weighted by Gasteiger charge is -2.31. The van der Waals surface area contributed by atoms with Crippen LogP contribution in [0.5, 0.6) is 0 Å². The summed E-state index contributed by atoms with van der Waals surface area (Å²) in [5, 5.41) is 18.9. The van der Waals surface area contributed by atoms with Gasteiger partial charge in [-0.25, -0.2) is 0 Å². The SMILES string of the molecule is c1ccc([Si]2(c3ccccc3)c3ccccc3-c3c(-c4cccc5c(-c6cccc7c6-c6ccccc6C76c7ccccc7-c7c6ccc6ccccc76)c6cccc(-c7cccc8c7-c7ccccc7[Si]8(c7ccccc7)c7ccccc7)c6cc45)cccc32)cc1. The second kappa shape index (κ2) is 19.9. The van der Waals surface area contributed by atoms with Crippen LogP contribution in [-0.4, -0.2) is 16.1 Å². The van der Waals surface area contributed by atoms with Crippen molar-refractivity contribution in [2.75, 3.05) is 0 Å². The normalized spacial score (nSPS) is 15.3. The zero-order valence-electron chi connectivity index (χ0n) is 51.0. The van der Waals surface area contributed by atoms with Gasteiger partial charge in [0, 0.05) is 0 Å². The first-order valence-corrected chi connectivity index (χ1v) is 36.7. The second-order valence-electron chi connectivity index (χ2n) is 25.8. The zero-order valence-corrected chi connectivity index (χ0v) is 53.0.